The summed E-state index contributed by atoms with van der Waals surface area (Å²) in [6.07, 6.45) is 11.9. The number of aromatic nitrogens is 3. The number of ether oxygens (including phenoxy) is 1. The second kappa shape index (κ2) is 8.06. The van der Waals surface area contributed by atoms with E-state index in [0.717, 1.165) is 12.1 Å². The van der Waals surface area contributed by atoms with Gasteiger partial charge in [-0.25, -0.2) is 4.68 Å². The predicted molar refractivity (Wildman–Crippen MR) is 91.1 cm³/mol. The molecule has 3 rings (SSSR count). The van der Waals surface area contributed by atoms with Crippen LogP contribution in [0.5, 0.6) is 0 Å². The lowest BCUT2D eigenvalue weighted by atomic mass is 9.88. The Balaban J connectivity index is 1.45. The van der Waals surface area contributed by atoms with Crippen LogP contribution in [0, 0.1) is 5.92 Å². The topological polar surface area (TPSA) is 69.0 Å². The monoisotopic (exact) mass is 328 g/mol. The van der Waals surface area contributed by atoms with Crippen LogP contribution in [0.2, 0.25) is 0 Å². The zero-order valence-electron chi connectivity index (χ0n) is 14.0. The van der Waals surface area contributed by atoms with E-state index in [2.05, 4.69) is 22.3 Å². The minimum atomic E-state index is -0.134. The summed E-state index contributed by atoms with van der Waals surface area (Å²) < 4.78 is 7.55. The molecule has 2 aromatic rings. The first-order valence-corrected chi connectivity index (χ1v) is 8.59. The Bertz CT molecular complexity index is 656. The number of nitrogens with one attached hydrogen (secondary N) is 1. The summed E-state index contributed by atoms with van der Waals surface area (Å²) in [7, 11) is 0. The van der Waals surface area contributed by atoms with Gasteiger partial charge in [0.1, 0.15) is 0 Å². The molecule has 1 amide bonds. The van der Waals surface area contributed by atoms with Crippen LogP contribution in [0.25, 0.3) is 5.69 Å². The number of pyridine rings is 1. The summed E-state index contributed by atoms with van der Waals surface area (Å²) in [5, 5.41) is 7.09. The number of carbonyl (C=O) groups is 1. The van der Waals surface area contributed by atoms with E-state index in [0.29, 0.717) is 30.7 Å². The summed E-state index contributed by atoms with van der Waals surface area (Å²) in [4.78, 5) is 16.2. The van der Waals surface area contributed by atoms with Crippen molar-refractivity contribution in [3.63, 3.8) is 0 Å². The summed E-state index contributed by atoms with van der Waals surface area (Å²) in [5.74, 6) is 0.484. The Morgan fingerprint density at radius 2 is 2.25 bits per heavy atom. The van der Waals surface area contributed by atoms with Crippen molar-refractivity contribution in [1.82, 2.24) is 20.1 Å². The van der Waals surface area contributed by atoms with Crippen LogP contribution < -0.4 is 5.32 Å². The first-order valence-electron chi connectivity index (χ1n) is 8.59. The van der Waals surface area contributed by atoms with Crippen LogP contribution in [-0.4, -0.2) is 39.9 Å². The van der Waals surface area contributed by atoms with Crippen LogP contribution in [0.4, 0.5) is 0 Å². The van der Waals surface area contributed by atoms with E-state index in [1.54, 1.807) is 29.5 Å². The lowest BCUT2D eigenvalue weighted by Gasteiger charge is -2.28. The standard InChI is InChI=1S/C18H24N4O2/c1-14-5-2-3-7-17(14)24-10-9-20-18(23)15-11-21-22(13-15)16-6-4-8-19-12-16/h4,6,8,11-14,17H,2-3,5,7,9-10H2,1H3,(H,20,23)/t14-,17+/m1/s1. The van der Waals surface area contributed by atoms with Crippen molar-refractivity contribution in [2.24, 2.45) is 5.92 Å². The molecule has 1 saturated carbocycles. The van der Waals surface area contributed by atoms with Gasteiger partial charge in [0.25, 0.3) is 5.91 Å². The maximum Gasteiger partial charge on any atom is 0.254 e. The molecule has 2 heterocycles. The van der Waals surface area contributed by atoms with E-state index in [4.69, 9.17) is 4.74 Å². The quantitative estimate of drug-likeness (QED) is 0.828. The second-order valence-electron chi connectivity index (χ2n) is 6.31. The van der Waals surface area contributed by atoms with Gasteiger partial charge in [-0.2, -0.15) is 5.10 Å². The van der Waals surface area contributed by atoms with E-state index < -0.39 is 0 Å². The molecular weight excluding hydrogens is 304 g/mol. The molecule has 2 aromatic heterocycles. The molecule has 6 nitrogen and oxygen atoms in total. The Labute approximate surface area is 142 Å². The molecule has 0 aliphatic heterocycles. The number of amides is 1. The minimum Gasteiger partial charge on any atom is -0.376 e. The summed E-state index contributed by atoms with van der Waals surface area (Å²) >= 11 is 0. The maximum atomic E-state index is 12.2. The molecule has 0 radical (unpaired) electrons. The van der Waals surface area contributed by atoms with Crippen LogP contribution in [0.3, 0.4) is 0 Å². The summed E-state index contributed by atoms with van der Waals surface area (Å²) in [6.45, 7) is 3.31. The Hall–Kier alpha value is -2.21. The molecular formula is C18H24N4O2. The smallest absolute Gasteiger partial charge is 0.254 e. The van der Waals surface area contributed by atoms with Gasteiger partial charge in [0, 0.05) is 18.9 Å². The van der Waals surface area contributed by atoms with E-state index in [1.165, 1.54) is 19.3 Å². The molecule has 128 valence electrons. The zero-order valence-corrected chi connectivity index (χ0v) is 14.0. The minimum absolute atomic E-state index is 0.134. The lowest BCUT2D eigenvalue weighted by Crippen LogP contribution is -2.31. The van der Waals surface area contributed by atoms with Crippen molar-refractivity contribution >= 4 is 5.91 Å². The molecule has 0 bridgehead atoms. The Morgan fingerprint density at radius 3 is 3.04 bits per heavy atom. The average molecular weight is 328 g/mol. The highest BCUT2D eigenvalue weighted by molar-refractivity contribution is 5.93. The van der Waals surface area contributed by atoms with Crippen molar-refractivity contribution in [2.45, 2.75) is 38.7 Å². The zero-order chi connectivity index (χ0) is 16.8. The normalized spacial score (nSPS) is 20.7. The number of nitrogens with zero attached hydrogens (tertiary/aromatic N) is 3. The number of carbonyl (C=O) groups excluding carboxylic acids is 1. The molecule has 0 unspecified atom stereocenters. The molecule has 1 aliphatic carbocycles. The van der Waals surface area contributed by atoms with E-state index >= 15 is 0 Å². The fourth-order valence-corrected chi connectivity index (χ4v) is 3.08. The first kappa shape index (κ1) is 16.6. The molecule has 2 atom stereocenters. The average Bonchev–Trinajstić information content (AvgIpc) is 3.11. The van der Waals surface area contributed by atoms with Gasteiger partial charge in [0.05, 0.1) is 36.4 Å². The van der Waals surface area contributed by atoms with Gasteiger partial charge in [0.15, 0.2) is 0 Å². The molecule has 6 heteroatoms. The second-order valence-corrected chi connectivity index (χ2v) is 6.31. The largest absolute Gasteiger partial charge is 0.376 e. The third kappa shape index (κ3) is 4.20. The third-order valence-electron chi connectivity index (χ3n) is 4.51. The molecule has 24 heavy (non-hydrogen) atoms. The maximum absolute atomic E-state index is 12.2. The van der Waals surface area contributed by atoms with E-state index in [-0.39, 0.29) is 5.91 Å². The van der Waals surface area contributed by atoms with Crippen molar-refractivity contribution in [2.75, 3.05) is 13.2 Å². The highest BCUT2D eigenvalue weighted by Gasteiger charge is 2.21. The molecule has 1 fully saturated rings. The van der Waals surface area contributed by atoms with Gasteiger partial charge in [-0.3, -0.25) is 9.78 Å². The molecule has 0 saturated heterocycles. The van der Waals surface area contributed by atoms with Gasteiger partial charge in [-0.1, -0.05) is 19.8 Å². The molecule has 1 N–H and O–H groups in total. The molecule has 0 aromatic carbocycles. The summed E-state index contributed by atoms with van der Waals surface area (Å²) in [6, 6.07) is 3.72. The molecule has 0 spiro atoms. The van der Waals surface area contributed by atoms with Gasteiger partial charge in [-0.15, -0.1) is 0 Å². The van der Waals surface area contributed by atoms with Crippen molar-refractivity contribution < 1.29 is 9.53 Å². The Kier molecular flexibility index (Phi) is 5.59. The van der Waals surface area contributed by atoms with Crippen molar-refractivity contribution in [3.05, 3.63) is 42.5 Å². The molecule has 1 aliphatic rings. The van der Waals surface area contributed by atoms with E-state index in [9.17, 15) is 4.79 Å². The van der Waals surface area contributed by atoms with Crippen LogP contribution in [-0.2, 0) is 4.74 Å². The van der Waals surface area contributed by atoms with Gasteiger partial charge in [-0.05, 0) is 30.9 Å². The van der Waals surface area contributed by atoms with Gasteiger partial charge < -0.3 is 10.1 Å². The number of hydrogen-bond donors (Lipinski definition) is 1. The lowest BCUT2D eigenvalue weighted by molar-refractivity contribution is -0.00293. The number of hydrogen-bond acceptors (Lipinski definition) is 4. The van der Waals surface area contributed by atoms with E-state index in [1.807, 2.05) is 12.1 Å². The summed E-state index contributed by atoms with van der Waals surface area (Å²) in [5.41, 5.74) is 1.36. The first-order chi connectivity index (χ1) is 11.7. The SMILES string of the molecule is C[C@@H]1CCCC[C@@H]1OCCNC(=O)c1cnn(-c2cccnc2)c1. The van der Waals surface area contributed by atoms with Gasteiger partial charge >= 0.3 is 0 Å². The van der Waals surface area contributed by atoms with Crippen molar-refractivity contribution in [3.8, 4) is 5.69 Å². The third-order valence-corrected chi connectivity index (χ3v) is 4.51. The highest BCUT2D eigenvalue weighted by atomic mass is 16.5. The fourth-order valence-electron chi connectivity index (χ4n) is 3.08. The Morgan fingerprint density at radius 1 is 1.38 bits per heavy atom. The predicted octanol–water partition coefficient (Wildman–Crippen LogP) is 2.59. The van der Waals surface area contributed by atoms with Crippen LogP contribution >= 0.6 is 0 Å². The fraction of sp³-hybridized carbons (Fsp3) is 0.500. The van der Waals surface area contributed by atoms with Crippen LogP contribution in [0.15, 0.2) is 36.9 Å². The van der Waals surface area contributed by atoms with Gasteiger partial charge in [0.2, 0.25) is 0 Å². The van der Waals surface area contributed by atoms with Crippen molar-refractivity contribution in [1.29, 1.82) is 0 Å². The highest BCUT2D eigenvalue weighted by Crippen LogP contribution is 2.25. The number of rotatable bonds is 6. The van der Waals surface area contributed by atoms with Crippen LogP contribution in [0.1, 0.15) is 43.0 Å².